The van der Waals surface area contributed by atoms with Crippen molar-refractivity contribution < 1.29 is 9.13 Å². The molecule has 0 aliphatic heterocycles. The summed E-state index contributed by atoms with van der Waals surface area (Å²) in [6.45, 7) is 6.69. The zero-order valence-electron chi connectivity index (χ0n) is 17.3. The molecule has 0 spiro atoms. The summed E-state index contributed by atoms with van der Waals surface area (Å²) < 4.78 is 21.7. The van der Waals surface area contributed by atoms with E-state index in [2.05, 4.69) is 30.9 Å². The van der Waals surface area contributed by atoms with Gasteiger partial charge in [0.25, 0.3) is 0 Å². The lowest BCUT2D eigenvalue weighted by atomic mass is 9.93. The Balaban J connectivity index is 1.89. The van der Waals surface area contributed by atoms with Crippen LogP contribution in [0.4, 0.5) is 4.39 Å². The average Bonchev–Trinajstić information content (AvgIpc) is 3.07. The molecule has 5 nitrogen and oxygen atoms in total. The molecule has 0 aliphatic rings. The fraction of sp³-hybridized carbons (Fsp3) is 0.261. The van der Waals surface area contributed by atoms with Crippen molar-refractivity contribution in [2.24, 2.45) is 0 Å². The third-order valence-electron chi connectivity index (χ3n) is 4.91. The predicted octanol–water partition coefficient (Wildman–Crippen LogP) is 5.64. The molecule has 0 fully saturated rings. The van der Waals surface area contributed by atoms with Gasteiger partial charge in [0.15, 0.2) is 11.5 Å². The molecule has 0 bridgehead atoms. The molecule has 0 saturated heterocycles. The zero-order valence-corrected chi connectivity index (χ0v) is 18.0. The van der Waals surface area contributed by atoms with Gasteiger partial charge in [0.05, 0.1) is 24.4 Å². The highest BCUT2D eigenvalue weighted by atomic mass is 35.5. The summed E-state index contributed by atoms with van der Waals surface area (Å²) in [6.07, 6.45) is 1.73. The molecule has 2 heterocycles. The van der Waals surface area contributed by atoms with Crippen molar-refractivity contribution >= 4 is 22.8 Å². The predicted molar refractivity (Wildman–Crippen MR) is 117 cm³/mol. The Morgan fingerprint density at radius 1 is 1.10 bits per heavy atom. The van der Waals surface area contributed by atoms with Gasteiger partial charge in [0, 0.05) is 17.2 Å². The summed E-state index contributed by atoms with van der Waals surface area (Å²) in [4.78, 5) is 9.44. The van der Waals surface area contributed by atoms with Crippen LogP contribution in [-0.4, -0.2) is 26.9 Å². The number of rotatable bonds is 4. The third-order valence-corrected chi connectivity index (χ3v) is 5.20. The summed E-state index contributed by atoms with van der Waals surface area (Å²) in [5.74, 6) is 0.262. The molecule has 0 unspecified atom stereocenters. The van der Waals surface area contributed by atoms with Crippen LogP contribution in [0, 0.1) is 5.82 Å². The number of ether oxygens (including phenoxy) is 1. The van der Waals surface area contributed by atoms with E-state index < -0.39 is 5.82 Å². The minimum absolute atomic E-state index is 0.0459. The van der Waals surface area contributed by atoms with E-state index in [4.69, 9.17) is 21.3 Å². The SMILES string of the molecule is COc1ccc(Cn2nc(-c3cccc(Cl)c3F)c3ncc(C(C)(C)C)nc32)cc1. The summed E-state index contributed by atoms with van der Waals surface area (Å²) in [7, 11) is 1.63. The molecular weight excluding hydrogens is 403 g/mol. The highest BCUT2D eigenvalue weighted by Crippen LogP contribution is 2.32. The van der Waals surface area contributed by atoms with Gasteiger partial charge in [-0.1, -0.05) is 50.6 Å². The molecule has 0 aliphatic carbocycles. The smallest absolute Gasteiger partial charge is 0.178 e. The highest BCUT2D eigenvalue weighted by Gasteiger charge is 2.23. The van der Waals surface area contributed by atoms with Crippen molar-refractivity contribution in [3.63, 3.8) is 0 Å². The molecule has 0 atom stereocenters. The van der Waals surface area contributed by atoms with Gasteiger partial charge >= 0.3 is 0 Å². The lowest BCUT2D eigenvalue weighted by molar-refractivity contribution is 0.414. The molecule has 0 saturated carbocycles. The van der Waals surface area contributed by atoms with Crippen LogP contribution in [-0.2, 0) is 12.0 Å². The number of fused-ring (bicyclic) bond motifs is 1. The number of halogens is 2. The van der Waals surface area contributed by atoms with Crippen LogP contribution in [0.2, 0.25) is 5.02 Å². The van der Waals surface area contributed by atoms with Crippen molar-refractivity contribution in [3.05, 3.63) is 70.8 Å². The van der Waals surface area contributed by atoms with Crippen molar-refractivity contribution in [2.45, 2.75) is 32.7 Å². The molecule has 2 aromatic heterocycles. The minimum atomic E-state index is -0.517. The summed E-state index contributed by atoms with van der Waals surface area (Å²) in [5.41, 5.74) is 3.54. The van der Waals surface area contributed by atoms with Crippen molar-refractivity contribution in [1.29, 1.82) is 0 Å². The van der Waals surface area contributed by atoms with Gasteiger partial charge in [-0.2, -0.15) is 5.10 Å². The first-order chi connectivity index (χ1) is 14.3. The Morgan fingerprint density at radius 3 is 2.50 bits per heavy atom. The maximum Gasteiger partial charge on any atom is 0.178 e. The Bertz CT molecular complexity index is 1210. The Kier molecular flexibility index (Phi) is 5.20. The van der Waals surface area contributed by atoms with E-state index in [1.54, 1.807) is 30.1 Å². The van der Waals surface area contributed by atoms with Crippen molar-refractivity contribution in [1.82, 2.24) is 19.7 Å². The first-order valence-corrected chi connectivity index (χ1v) is 9.97. The van der Waals surface area contributed by atoms with Gasteiger partial charge in [-0.15, -0.1) is 0 Å². The second-order valence-corrected chi connectivity index (χ2v) is 8.54. The van der Waals surface area contributed by atoms with Crippen LogP contribution in [0.15, 0.2) is 48.7 Å². The molecule has 4 aromatic rings. The highest BCUT2D eigenvalue weighted by molar-refractivity contribution is 6.31. The van der Waals surface area contributed by atoms with Gasteiger partial charge < -0.3 is 4.74 Å². The maximum atomic E-state index is 14.8. The number of nitrogens with zero attached hydrogens (tertiary/aromatic N) is 4. The average molecular weight is 425 g/mol. The summed E-state index contributed by atoms with van der Waals surface area (Å²) in [6, 6.07) is 12.6. The fourth-order valence-corrected chi connectivity index (χ4v) is 3.36. The van der Waals surface area contributed by atoms with E-state index in [1.165, 1.54) is 6.07 Å². The topological polar surface area (TPSA) is 52.8 Å². The van der Waals surface area contributed by atoms with E-state index in [0.717, 1.165) is 17.0 Å². The summed E-state index contributed by atoms with van der Waals surface area (Å²) in [5, 5.41) is 4.73. The van der Waals surface area contributed by atoms with Crippen LogP contribution in [0.3, 0.4) is 0 Å². The number of benzene rings is 2. The molecule has 7 heteroatoms. The monoisotopic (exact) mass is 424 g/mol. The number of hydrogen-bond acceptors (Lipinski definition) is 4. The molecule has 30 heavy (non-hydrogen) atoms. The number of aromatic nitrogens is 4. The van der Waals surface area contributed by atoms with Crippen LogP contribution in [0.5, 0.6) is 5.75 Å². The van der Waals surface area contributed by atoms with E-state index >= 15 is 0 Å². The van der Waals surface area contributed by atoms with E-state index in [0.29, 0.717) is 29.0 Å². The molecular formula is C23H22ClFN4O. The van der Waals surface area contributed by atoms with Crippen molar-refractivity contribution in [3.8, 4) is 17.0 Å². The molecule has 0 amide bonds. The Labute approximate surface area is 179 Å². The minimum Gasteiger partial charge on any atom is -0.497 e. The Morgan fingerprint density at radius 2 is 1.83 bits per heavy atom. The summed E-state index contributed by atoms with van der Waals surface area (Å²) >= 11 is 6.01. The van der Waals surface area contributed by atoms with Gasteiger partial charge in [-0.3, -0.25) is 0 Å². The molecule has 4 rings (SSSR count). The standard InChI is InChI=1S/C23H22ClFN4O/c1-23(2,3)18-12-26-21-20(16-6-5-7-17(24)19(16)25)28-29(22(21)27-18)13-14-8-10-15(30-4)11-9-14/h5-12H,13H2,1-4H3. The normalized spacial score (nSPS) is 11.8. The number of methoxy groups -OCH3 is 1. The van der Waals surface area contributed by atoms with Gasteiger partial charge in [-0.05, 0) is 29.8 Å². The second kappa shape index (κ2) is 7.69. The van der Waals surface area contributed by atoms with Crippen LogP contribution >= 0.6 is 11.6 Å². The van der Waals surface area contributed by atoms with Gasteiger partial charge in [0.1, 0.15) is 17.0 Å². The fourth-order valence-electron chi connectivity index (χ4n) is 3.19. The van der Waals surface area contributed by atoms with E-state index in [1.807, 2.05) is 24.3 Å². The molecule has 154 valence electrons. The molecule has 0 N–H and O–H groups in total. The first kappa shape index (κ1) is 20.3. The molecule has 2 aromatic carbocycles. The lowest BCUT2D eigenvalue weighted by Gasteiger charge is -2.17. The lowest BCUT2D eigenvalue weighted by Crippen LogP contribution is -2.15. The Hall–Kier alpha value is -2.99. The third kappa shape index (κ3) is 3.75. The van der Waals surface area contributed by atoms with Crippen LogP contribution in [0.1, 0.15) is 32.0 Å². The zero-order chi connectivity index (χ0) is 21.5. The second-order valence-electron chi connectivity index (χ2n) is 8.13. The molecule has 0 radical (unpaired) electrons. The van der Waals surface area contributed by atoms with Crippen LogP contribution < -0.4 is 4.74 Å². The quantitative estimate of drug-likeness (QED) is 0.425. The van der Waals surface area contributed by atoms with E-state index in [-0.39, 0.29) is 10.4 Å². The number of hydrogen-bond donors (Lipinski definition) is 0. The van der Waals surface area contributed by atoms with Gasteiger partial charge in [0.2, 0.25) is 0 Å². The van der Waals surface area contributed by atoms with Crippen molar-refractivity contribution in [2.75, 3.05) is 7.11 Å². The van der Waals surface area contributed by atoms with E-state index in [9.17, 15) is 4.39 Å². The first-order valence-electron chi connectivity index (χ1n) is 9.59. The maximum absolute atomic E-state index is 14.8. The van der Waals surface area contributed by atoms with Gasteiger partial charge in [-0.25, -0.2) is 19.0 Å². The van der Waals surface area contributed by atoms with Crippen LogP contribution in [0.25, 0.3) is 22.4 Å². The largest absolute Gasteiger partial charge is 0.497 e.